The van der Waals surface area contributed by atoms with Crippen molar-refractivity contribution < 1.29 is 9.84 Å². The quantitative estimate of drug-likeness (QED) is 0.936. The number of hydrogen-bond donors (Lipinski definition) is 1. The summed E-state index contributed by atoms with van der Waals surface area (Å²) in [6.07, 6.45) is 4.34. The van der Waals surface area contributed by atoms with Gasteiger partial charge in [-0.1, -0.05) is 36.4 Å². The first-order valence-electron chi connectivity index (χ1n) is 7.76. The largest absolute Gasteiger partial charge is 0.493 e. The molecule has 0 unspecified atom stereocenters. The second-order valence-electron chi connectivity index (χ2n) is 6.39. The van der Waals surface area contributed by atoms with Crippen LogP contribution in [0.2, 0.25) is 0 Å². The van der Waals surface area contributed by atoms with Gasteiger partial charge < -0.3 is 9.84 Å². The van der Waals surface area contributed by atoms with E-state index in [0.717, 1.165) is 44.5 Å². The molecule has 108 valence electrons. The molecular weight excluding hydrogens is 260 g/mol. The van der Waals surface area contributed by atoms with E-state index in [1.807, 2.05) is 0 Å². The molecule has 0 saturated carbocycles. The first-order chi connectivity index (χ1) is 10.2. The van der Waals surface area contributed by atoms with Crippen molar-refractivity contribution >= 4 is 0 Å². The second-order valence-corrected chi connectivity index (χ2v) is 6.39. The van der Waals surface area contributed by atoms with Gasteiger partial charge in [0.1, 0.15) is 5.75 Å². The molecule has 2 heteroatoms. The molecule has 0 radical (unpaired) electrons. The van der Waals surface area contributed by atoms with E-state index in [4.69, 9.17) is 4.74 Å². The van der Waals surface area contributed by atoms with Crippen LogP contribution in [0.15, 0.2) is 42.5 Å². The average Bonchev–Trinajstić information content (AvgIpc) is 3.07. The number of rotatable bonds is 3. The van der Waals surface area contributed by atoms with Gasteiger partial charge in [-0.05, 0) is 41.2 Å². The maximum absolute atomic E-state index is 10.8. The topological polar surface area (TPSA) is 29.5 Å². The van der Waals surface area contributed by atoms with E-state index in [0.29, 0.717) is 0 Å². The van der Waals surface area contributed by atoms with Gasteiger partial charge in [0.05, 0.1) is 12.2 Å². The van der Waals surface area contributed by atoms with Crippen molar-refractivity contribution in [3.63, 3.8) is 0 Å². The van der Waals surface area contributed by atoms with Crippen LogP contribution in [-0.4, -0.2) is 17.3 Å². The molecule has 0 spiro atoms. The van der Waals surface area contributed by atoms with E-state index in [9.17, 15) is 5.11 Å². The number of ether oxygens (including phenoxy) is 1. The van der Waals surface area contributed by atoms with Crippen LogP contribution in [0.3, 0.4) is 0 Å². The number of aliphatic hydroxyl groups is 1. The molecule has 1 N–H and O–H groups in total. The Hall–Kier alpha value is -1.80. The highest BCUT2D eigenvalue weighted by atomic mass is 16.5. The molecule has 1 aliphatic heterocycles. The highest BCUT2D eigenvalue weighted by Gasteiger charge is 2.34. The van der Waals surface area contributed by atoms with Crippen LogP contribution in [0.5, 0.6) is 5.75 Å². The van der Waals surface area contributed by atoms with Gasteiger partial charge in [-0.15, -0.1) is 0 Å². The summed E-state index contributed by atoms with van der Waals surface area (Å²) >= 11 is 0. The smallest absolute Gasteiger partial charge is 0.122 e. The Kier molecular flexibility index (Phi) is 3.00. The van der Waals surface area contributed by atoms with E-state index in [2.05, 4.69) is 42.5 Å². The Labute approximate surface area is 125 Å². The Morgan fingerprint density at radius 1 is 1.00 bits per heavy atom. The fourth-order valence-corrected chi connectivity index (χ4v) is 3.62. The van der Waals surface area contributed by atoms with Gasteiger partial charge in [0.15, 0.2) is 0 Å². The molecule has 0 bridgehead atoms. The average molecular weight is 280 g/mol. The molecule has 2 nitrogen and oxygen atoms in total. The van der Waals surface area contributed by atoms with Crippen LogP contribution >= 0.6 is 0 Å². The molecule has 2 aliphatic rings. The van der Waals surface area contributed by atoms with Crippen LogP contribution in [0.4, 0.5) is 0 Å². The summed E-state index contributed by atoms with van der Waals surface area (Å²) in [5.74, 6) is 1.03. The lowest BCUT2D eigenvalue weighted by Gasteiger charge is -2.22. The first-order valence-corrected chi connectivity index (χ1v) is 7.76. The third-order valence-electron chi connectivity index (χ3n) is 4.79. The van der Waals surface area contributed by atoms with E-state index in [1.165, 1.54) is 22.3 Å². The van der Waals surface area contributed by atoms with Crippen LogP contribution in [0.25, 0.3) is 0 Å². The normalized spacial score (nSPS) is 18.1. The van der Waals surface area contributed by atoms with Crippen LogP contribution in [0, 0.1) is 0 Å². The van der Waals surface area contributed by atoms with Crippen LogP contribution in [0.1, 0.15) is 28.7 Å². The summed E-state index contributed by atoms with van der Waals surface area (Å²) in [5, 5.41) is 10.8. The number of fused-ring (bicyclic) bond motifs is 2. The number of aryl methyl sites for hydroxylation is 1. The predicted octanol–water partition coefficient (Wildman–Crippen LogP) is 3.08. The lowest BCUT2D eigenvalue weighted by molar-refractivity contribution is 0.0427. The predicted molar refractivity (Wildman–Crippen MR) is 82.8 cm³/mol. The van der Waals surface area contributed by atoms with Crippen molar-refractivity contribution in [2.24, 2.45) is 0 Å². The van der Waals surface area contributed by atoms with Gasteiger partial charge in [0.25, 0.3) is 0 Å². The van der Waals surface area contributed by atoms with Crippen molar-refractivity contribution in [1.82, 2.24) is 0 Å². The summed E-state index contributed by atoms with van der Waals surface area (Å²) < 4.78 is 5.54. The fourth-order valence-electron chi connectivity index (χ4n) is 3.62. The number of benzene rings is 2. The third-order valence-corrected chi connectivity index (χ3v) is 4.79. The van der Waals surface area contributed by atoms with Gasteiger partial charge in [0, 0.05) is 19.3 Å². The lowest BCUT2D eigenvalue weighted by atomic mass is 9.91. The van der Waals surface area contributed by atoms with E-state index in [-0.39, 0.29) is 0 Å². The highest BCUT2D eigenvalue weighted by Crippen LogP contribution is 2.34. The number of hydrogen-bond acceptors (Lipinski definition) is 2. The molecule has 0 atom stereocenters. The summed E-state index contributed by atoms with van der Waals surface area (Å²) in [5.41, 5.74) is 4.67. The summed E-state index contributed by atoms with van der Waals surface area (Å²) in [7, 11) is 0. The van der Waals surface area contributed by atoms with Gasteiger partial charge >= 0.3 is 0 Å². The van der Waals surface area contributed by atoms with Crippen molar-refractivity contribution in [2.45, 2.75) is 37.7 Å². The monoisotopic (exact) mass is 280 g/mol. The molecule has 0 amide bonds. The fraction of sp³-hybridized carbons (Fsp3) is 0.368. The Bertz CT molecular complexity index is 650. The zero-order valence-corrected chi connectivity index (χ0v) is 12.1. The molecule has 4 rings (SSSR count). The Morgan fingerprint density at radius 2 is 1.76 bits per heavy atom. The lowest BCUT2D eigenvalue weighted by Crippen LogP contribution is -2.29. The van der Waals surface area contributed by atoms with Gasteiger partial charge in [-0.3, -0.25) is 0 Å². The van der Waals surface area contributed by atoms with Crippen LogP contribution < -0.4 is 4.74 Å². The van der Waals surface area contributed by atoms with Crippen molar-refractivity contribution in [3.05, 3.63) is 64.7 Å². The minimum Gasteiger partial charge on any atom is -0.493 e. The second kappa shape index (κ2) is 4.88. The molecule has 0 saturated heterocycles. The summed E-state index contributed by atoms with van der Waals surface area (Å²) in [6, 6.07) is 14.9. The Morgan fingerprint density at radius 3 is 2.52 bits per heavy atom. The minimum absolute atomic E-state index is 0.570. The van der Waals surface area contributed by atoms with Crippen molar-refractivity contribution in [3.8, 4) is 5.75 Å². The summed E-state index contributed by atoms with van der Waals surface area (Å²) in [6.45, 7) is 0.804. The van der Waals surface area contributed by atoms with Crippen LogP contribution in [-0.2, 0) is 25.7 Å². The SMILES string of the molecule is OC1(CCc2ccc3c(c2)CCO3)Cc2ccccc2C1. The maximum atomic E-state index is 10.8. The molecule has 0 fully saturated rings. The molecule has 21 heavy (non-hydrogen) atoms. The van der Waals surface area contributed by atoms with E-state index in [1.54, 1.807) is 0 Å². The third kappa shape index (κ3) is 2.44. The molecule has 1 aliphatic carbocycles. The van der Waals surface area contributed by atoms with Crippen molar-refractivity contribution in [2.75, 3.05) is 6.61 Å². The maximum Gasteiger partial charge on any atom is 0.122 e. The van der Waals surface area contributed by atoms with Gasteiger partial charge in [0.2, 0.25) is 0 Å². The van der Waals surface area contributed by atoms with E-state index >= 15 is 0 Å². The molecule has 2 aromatic rings. The zero-order valence-electron chi connectivity index (χ0n) is 12.1. The molecule has 2 aromatic carbocycles. The standard InChI is InChI=1S/C19H20O2/c20-19(12-16-3-1-2-4-17(16)13-19)9-7-14-5-6-18-15(11-14)8-10-21-18/h1-6,11,20H,7-10,12-13H2. The van der Waals surface area contributed by atoms with E-state index < -0.39 is 5.60 Å². The molecule has 0 aromatic heterocycles. The minimum atomic E-state index is -0.570. The molecular formula is C19H20O2. The first kappa shape index (κ1) is 12.9. The summed E-state index contributed by atoms with van der Waals surface area (Å²) in [4.78, 5) is 0. The molecule has 1 heterocycles. The van der Waals surface area contributed by atoms with Crippen molar-refractivity contribution in [1.29, 1.82) is 0 Å². The van der Waals surface area contributed by atoms with Gasteiger partial charge in [-0.2, -0.15) is 0 Å². The highest BCUT2D eigenvalue weighted by molar-refractivity contribution is 5.40. The zero-order chi connectivity index (χ0) is 14.3. The van der Waals surface area contributed by atoms with Gasteiger partial charge in [-0.25, -0.2) is 0 Å². The Balaban J connectivity index is 1.46.